The number of amides is 1. The molecule has 0 radical (unpaired) electrons. The largest absolute Gasteiger partial charge is 0.360 e. The van der Waals surface area contributed by atoms with Gasteiger partial charge in [-0.1, -0.05) is 19.0 Å². The lowest BCUT2D eigenvalue weighted by atomic mass is 9.81. The maximum Gasteiger partial charge on any atom is 0.230 e. The molecule has 1 amide bonds. The number of piperazine rings is 1. The zero-order chi connectivity index (χ0) is 16.2. The van der Waals surface area contributed by atoms with Gasteiger partial charge in [0.2, 0.25) is 5.91 Å². The topological polar surface area (TPSA) is 75.6 Å². The van der Waals surface area contributed by atoms with Gasteiger partial charge in [-0.05, 0) is 19.8 Å². The number of hydrogen-bond acceptors (Lipinski definition) is 5. The van der Waals surface area contributed by atoms with Crippen molar-refractivity contribution in [2.45, 2.75) is 40.2 Å². The standard InChI is InChI=1S/C16H28N4O2/c1-4-16(5-2,12-17)15(21)20-8-6-19(7-9-20)11-14-10-13(3)18-22-14/h10H,4-9,11-12,17H2,1-3H3. The fourth-order valence-electron chi connectivity index (χ4n) is 3.08. The van der Waals surface area contributed by atoms with Crippen LogP contribution >= 0.6 is 0 Å². The maximum atomic E-state index is 12.8. The second kappa shape index (κ2) is 7.24. The normalized spacial score (nSPS) is 17.0. The average molecular weight is 308 g/mol. The molecule has 0 atom stereocenters. The molecule has 1 aromatic heterocycles. The Labute approximate surface area is 132 Å². The number of carbonyl (C=O) groups is 1. The number of hydrogen-bond donors (Lipinski definition) is 1. The summed E-state index contributed by atoms with van der Waals surface area (Å²) < 4.78 is 5.26. The Balaban J connectivity index is 1.90. The van der Waals surface area contributed by atoms with Crippen LogP contribution in [0.2, 0.25) is 0 Å². The Hall–Kier alpha value is -1.40. The number of rotatable bonds is 6. The molecule has 0 unspecified atom stereocenters. The maximum absolute atomic E-state index is 12.8. The third kappa shape index (κ3) is 3.50. The molecule has 2 heterocycles. The van der Waals surface area contributed by atoms with E-state index in [1.807, 2.05) is 17.9 Å². The van der Waals surface area contributed by atoms with E-state index in [0.717, 1.165) is 57.0 Å². The second-order valence-electron chi connectivity index (χ2n) is 6.19. The molecule has 6 nitrogen and oxygen atoms in total. The van der Waals surface area contributed by atoms with E-state index in [0.29, 0.717) is 6.54 Å². The zero-order valence-electron chi connectivity index (χ0n) is 14.0. The summed E-state index contributed by atoms with van der Waals surface area (Å²) in [6, 6.07) is 1.96. The van der Waals surface area contributed by atoms with Gasteiger partial charge in [0.05, 0.1) is 17.7 Å². The van der Waals surface area contributed by atoms with Gasteiger partial charge in [-0.3, -0.25) is 9.69 Å². The van der Waals surface area contributed by atoms with Crippen LogP contribution in [0.15, 0.2) is 10.6 Å². The van der Waals surface area contributed by atoms with Crippen LogP contribution in [0.5, 0.6) is 0 Å². The van der Waals surface area contributed by atoms with E-state index in [1.165, 1.54) is 0 Å². The van der Waals surface area contributed by atoms with Crippen LogP contribution in [-0.2, 0) is 11.3 Å². The van der Waals surface area contributed by atoms with Gasteiger partial charge < -0.3 is 15.2 Å². The van der Waals surface area contributed by atoms with Crippen molar-refractivity contribution in [3.63, 3.8) is 0 Å². The number of aryl methyl sites for hydroxylation is 1. The highest BCUT2D eigenvalue weighted by Gasteiger charge is 2.37. The van der Waals surface area contributed by atoms with E-state index in [-0.39, 0.29) is 11.3 Å². The highest BCUT2D eigenvalue weighted by atomic mass is 16.5. The van der Waals surface area contributed by atoms with Crippen molar-refractivity contribution >= 4 is 5.91 Å². The predicted octanol–water partition coefficient (Wildman–Crippen LogP) is 1.39. The van der Waals surface area contributed by atoms with E-state index in [9.17, 15) is 4.79 Å². The first-order valence-corrected chi connectivity index (χ1v) is 8.18. The highest BCUT2D eigenvalue weighted by molar-refractivity contribution is 5.83. The van der Waals surface area contributed by atoms with Crippen LogP contribution in [-0.4, -0.2) is 53.6 Å². The van der Waals surface area contributed by atoms with Crippen LogP contribution < -0.4 is 5.73 Å². The molecule has 1 saturated heterocycles. The van der Waals surface area contributed by atoms with Gasteiger partial charge >= 0.3 is 0 Å². The van der Waals surface area contributed by atoms with Crippen molar-refractivity contribution in [3.05, 3.63) is 17.5 Å². The van der Waals surface area contributed by atoms with Crippen molar-refractivity contribution < 1.29 is 9.32 Å². The molecule has 2 rings (SSSR count). The Bertz CT molecular complexity index is 480. The van der Waals surface area contributed by atoms with Gasteiger partial charge in [0, 0.05) is 38.8 Å². The minimum Gasteiger partial charge on any atom is -0.360 e. The third-order valence-corrected chi connectivity index (χ3v) is 4.91. The fourth-order valence-corrected chi connectivity index (χ4v) is 3.08. The van der Waals surface area contributed by atoms with Crippen LogP contribution in [0.3, 0.4) is 0 Å². The average Bonchev–Trinajstić information content (AvgIpc) is 2.95. The number of nitrogens with two attached hydrogens (primary N) is 1. The number of carbonyl (C=O) groups excluding carboxylic acids is 1. The van der Waals surface area contributed by atoms with E-state index >= 15 is 0 Å². The van der Waals surface area contributed by atoms with Crippen molar-refractivity contribution in [1.29, 1.82) is 0 Å². The van der Waals surface area contributed by atoms with Gasteiger partial charge in [0.1, 0.15) is 0 Å². The molecule has 1 aliphatic rings. The van der Waals surface area contributed by atoms with E-state index in [2.05, 4.69) is 23.9 Å². The summed E-state index contributed by atoms with van der Waals surface area (Å²) in [4.78, 5) is 17.1. The van der Waals surface area contributed by atoms with E-state index in [1.54, 1.807) is 0 Å². The molecule has 0 aliphatic carbocycles. The molecule has 1 fully saturated rings. The predicted molar refractivity (Wildman–Crippen MR) is 85.2 cm³/mol. The molecular formula is C16H28N4O2. The fraction of sp³-hybridized carbons (Fsp3) is 0.750. The minimum absolute atomic E-state index is 0.218. The highest BCUT2D eigenvalue weighted by Crippen LogP contribution is 2.28. The van der Waals surface area contributed by atoms with Gasteiger partial charge in [0.25, 0.3) is 0 Å². The van der Waals surface area contributed by atoms with Crippen LogP contribution in [0.25, 0.3) is 0 Å². The molecule has 22 heavy (non-hydrogen) atoms. The Morgan fingerprint density at radius 2 is 1.95 bits per heavy atom. The van der Waals surface area contributed by atoms with Crippen molar-refractivity contribution in [2.24, 2.45) is 11.1 Å². The summed E-state index contributed by atoms with van der Waals surface area (Å²) in [7, 11) is 0. The Morgan fingerprint density at radius 1 is 1.32 bits per heavy atom. The van der Waals surface area contributed by atoms with Gasteiger partial charge in [0.15, 0.2) is 5.76 Å². The molecule has 2 N–H and O–H groups in total. The summed E-state index contributed by atoms with van der Waals surface area (Å²) in [6.07, 6.45) is 1.60. The molecule has 0 bridgehead atoms. The van der Waals surface area contributed by atoms with Crippen LogP contribution in [0.1, 0.15) is 38.1 Å². The van der Waals surface area contributed by atoms with Gasteiger partial charge in [-0.2, -0.15) is 0 Å². The van der Waals surface area contributed by atoms with E-state index in [4.69, 9.17) is 10.3 Å². The molecule has 0 aromatic carbocycles. The molecule has 124 valence electrons. The lowest BCUT2D eigenvalue weighted by Crippen LogP contribution is -2.54. The lowest BCUT2D eigenvalue weighted by Gasteiger charge is -2.40. The molecule has 6 heteroatoms. The lowest BCUT2D eigenvalue weighted by molar-refractivity contribution is -0.144. The molecule has 1 aliphatic heterocycles. The summed E-state index contributed by atoms with van der Waals surface area (Å²) in [5.41, 5.74) is 6.41. The molecular weight excluding hydrogens is 280 g/mol. The second-order valence-corrected chi connectivity index (χ2v) is 6.19. The first kappa shape index (κ1) is 17.0. The van der Waals surface area contributed by atoms with Crippen molar-refractivity contribution in [3.8, 4) is 0 Å². The molecule has 1 aromatic rings. The number of aromatic nitrogens is 1. The number of nitrogens with zero attached hydrogens (tertiary/aromatic N) is 3. The Kier molecular flexibility index (Phi) is 5.58. The van der Waals surface area contributed by atoms with E-state index < -0.39 is 0 Å². The summed E-state index contributed by atoms with van der Waals surface area (Å²) in [5.74, 6) is 1.10. The molecule has 0 saturated carbocycles. The summed E-state index contributed by atoms with van der Waals surface area (Å²) >= 11 is 0. The smallest absolute Gasteiger partial charge is 0.230 e. The molecule has 0 spiro atoms. The van der Waals surface area contributed by atoms with Crippen molar-refractivity contribution in [1.82, 2.24) is 15.0 Å². The van der Waals surface area contributed by atoms with Gasteiger partial charge in [-0.25, -0.2) is 0 Å². The third-order valence-electron chi connectivity index (χ3n) is 4.91. The van der Waals surface area contributed by atoms with Crippen LogP contribution in [0.4, 0.5) is 0 Å². The first-order valence-electron chi connectivity index (χ1n) is 8.18. The van der Waals surface area contributed by atoms with Gasteiger partial charge in [-0.15, -0.1) is 0 Å². The van der Waals surface area contributed by atoms with Crippen LogP contribution in [0, 0.1) is 12.3 Å². The zero-order valence-corrected chi connectivity index (χ0v) is 14.0. The minimum atomic E-state index is -0.385. The quantitative estimate of drug-likeness (QED) is 0.859. The summed E-state index contributed by atoms with van der Waals surface area (Å²) in [5, 5.41) is 3.91. The van der Waals surface area contributed by atoms with Crippen molar-refractivity contribution in [2.75, 3.05) is 32.7 Å². The Morgan fingerprint density at radius 3 is 2.41 bits per heavy atom. The summed E-state index contributed by atoms with van der Waals surface area (Å²) in [6.45, 7) is 10.4. The monoisotopic (exact) mass is 308 g/mol. The first-order chi connectivity index (χ1) is 10.5. The SMILES string of the molecule is CCC(CC)(CN)C(=O)N1CCN(Cc2cc(C)no2)CC1.